The Morgan fingerprint density at radius 3 is 2.68 bits per heavy atom. The fourth-order valence-electron chi connectivity index (χ4n) is 2.30. The van der Waals surface area contributed by atoms with E-state index in [1.807, 2.05) is 0 Å². The summed E-state index contributed by atoms with van der Waals surface area (Å²) in [5, 5.41) is 6.58. The number of carbonyl (C=O) groups is 2. The van der Waals surface area contributed by atoms with Crippen molar-refractivity contribution in [2.24, 2.45) is 5.92 Å². The van der Waals surface area contributed by atoms with Gasteiger partial charge in [-0.15, -0.1) is 0 Å². The first-order valence-electron chi connectivity index (χ1n) is 6.33. The highest BCUT2D eigenvalue weighted by Crippen LogP contribution is 2.45. The monoisotopic (exact) mass is 265 g/mol. The first-order valence-corrected chi connectivity index (χ1v) is 6.33. The van der Waals surface area contributed by atoms with Crippen LogP contribution < -0.4 is 5.32 Å². The van der Waals surface area contributed by atoms with Crippen LogP contribution in [-0.2, 0) is 19.9 Å². The van der Waals surface area contributed by atoms with Crippen molar-refractivity contribution in [3.05, 3.63) is 11.7 Å². The lowest BCUT2D eigenvalue weighted by molar-refractivity contribution is -0.147. The summed E-state index contributed by atoms with van der Waals surface area (Å²) in [5.41, 5.74) is -0.579. The minimum atomic E-state index is -0.725. The molecule has 2 aliphatic rings. The van der Waals surface area contributed by atoms with Gasteiger partial charge < -0.3 is 14.6 Å². The lowest BCUT2D eigenvalue weighted by atomic mass is 10.0. The van der Waals surface area contributed by atoms with E-state index in [1.165, 1.54) is 0 Å². The number of carbonyl (C=O) groups excluding carboxylic acids is 2. The van der Waals surface area contributed by atoms with Crippen molar-refractivity contribution in [2.45, 2.75) is 44.8 Å². The van der Waals surface area contributed by atoms with Crippen LogP contribution in [-0.4, -0.2) is 28.1 Å². The van der Waals surface area contributed by atoms with Crippen molar-refractivity contribution in [3.63, 3.8) is 0 Å². The van der Waals surface area contributed by atoms with Crippen LogP contribution in [0.4, 0.5) is 0 Å². The Kier molecular flexibility index (Phi) is 2.58. The molecule has 1 aliphatic carbocycles. The van der Waals surface area contributed by atoms with E-state index in [-0.39, 0.29) is 12.0 Å². The maximum absolute atomic E-state index is 12.1. The van der Waals surface area contributed by atoms with Crippen LogP contribution in [0.25, 0.3) is 0 Å². The summed E-state index contributed by atoms with van der Waals surface area (Å²) in [6.07, 6.45) is 1.71. The number of aromatic nitrogens is 2. The van der Waals surface area contributed by atoms with Gasteiger partial charge in [0.15, 0.2) is 5.82 Å². The lowest BCUT2D eigenvalue weighted by Crippen LogP contribution is -2.40. The second-order valence-electron chi connectivity index (χ2n) is 5.25. The van der Waals surface area contributed by atoms with Gasteiger partial charge in [-0.25, -0.2) is 0 Å². The van der Waals surface area contributed by atoms with Crippen LogP contribution >= 0.6 is 0 Å². The average molecular weight is 265 g/mol. The molecule has 1 saturated heterocycles. The van der Waals surface area contributed by atoms with Crippen molar-refractivity contribution in [1.82, 2.24) is 15.5 Å². The molecule has 2 unspecified atom stereocenters. The summed E-state index contributed by atoms with van der Waals surface area (Å²) in [4.78, 5) is 27.8. The van der Waals surface area contributed by atoms with Crippen LogP contribution in [0.1, 0.15) is 37.9 Å². The quantitative estimate of drug-likeness (QED) is 0.629. The number of hydrogen-bond acceptors (Lipinski definition) is 6. The number of hydrogen-bond donors (Lipinski definition) is 1. The zero-order chi connectivity index (χ0) is 13.6. The van der Waals surface area contributed by atoms with E-state index in [4.69, 9.17) is 9.26 Å². The third-order valence-electron chi connectivity index (χ3n) is 3.54. The van der Waals surface area contributed by atoms with Gasteiger partial charge in [0.25, 0.3) is 5.89 Å². The molecule has 1 aliphatic heterocycles. The number of aryl methyl sites for hydroxylation is 1. The van der Waals surface area contributed by atoms with Crippen molar-refractivity contribution < 1.29 is 18.8 Å². The highest BCUT2D eigenvalue weighted by Gasteiger charge is 2.52. The first kappa shape index (κ1) is 12.1. The molecule has 3 rings (SSSR count). The number of nitrogens with one attached hydrogen (secondary N) is 1. The molecule has 1 N–H and O–H groups in total. The molecule has 1 saturated carbocycles. The van der Waals surface area contributed by atoms with Gasteiger partial charge in [0.05, 0.1) is 0 Å². The molecule has 1 amide bonds. The van der Waals surface area contributed by atoms with Crippen LogP contribution in [0.2, 0.25) is 0 Å². The first-order chi connectivity index (χ1) is 9.00. The number of nitrogens with zero attached hydrogens (tertiary/aromatic N) is 2. The van der Waals surface area contributed by atoms with E-state index < -0.39 is 17.4 Å². The Morgan fingerprint density at radius 1 is 1.47 bits per heavy atom. The second-order valence-corrected chi connectivity index (χ2v) is 5.25. The van der Waals surface area contributed by atoms with Gasteiger partial charge in [0.1, 0.15) is 17.6 Å². The van der Waals surface area contributed by atoms with Crippen molar-refractivity contribution >= 4 is 11.9 Å². The third-order valence-corrected chi connectivity index (χ3v) is 3.54. The largest absolute Gasteiger partial charge is 0.462 e. The zero-order valence-electron chi connectivity index (χ0n) is 10.8. The standard InChI is InChI=1S/C12H15N3O4/c1-6-5-8(10(17)18-6)9(16)14-12(3-4-12)11-13-7(2)15-19-11/h6,8H,3-5H2,1-2H3,(H,14,16). The van der Waals surface area contributed by atoms with Gasteiger partial charge in [-0.05, 0) is 26.7 Å². The smallest absolute Gasteiger partial charge is 0.318 e. The molecular formula is C12H15N3O4. The van der Waals surface area contributed by atoms with Gasteiger partial charge in [0.2, 0.25) is 5.91 Å². The molecule has 7 nitrogen and oxygen atoms in total. The molecule has 0 spiro atoms. The summed E-state index contributed by atoms with van der Waals surface area (Å²) in [6.45, 7) is 3.50. The molecule has 102 valence electrons. The van der Waals surface area contributed by atoms with Crippen LogP contribution in [0, 0.1) is 12.8 Å². The topological polar surface area (TPSA) is 94.3 Å². The molecule has 0 bridgehead atoms. The number of ether oxygens (including phenoxy) is 1. The molecular weight excluding hydrogens is 250 g/mol. The maximum Gasteiger partial charge on any atom is 0.318 e. The molecule has 1 aromatic rings. The SMILES string of the molecule is Cc1noc(C2(NC(=O)C3CC(C)OC3=O)CC2)n1. The molecule has 2 heterocycles. The van der Waals surface area contributed by atoms with E-state index in [9.17, 15) is 9.59 Å². The fourth-order valence-corrected chi connectivity index (χ4v) is 2.30. The van der Waals surface area contributed by atoms with Crippen LogP contribution in [0.15, 0.2) is 4.52 Å². The number of amides is 1. The molecule has 2 atom stereocenters. The molecule has 2 fully saturated rings. The minimum Gasteiger partial charge on any atom is -0.462 e. The number of rotatable bonds is 3. The van der Waals surface area contributed by atoms with Crippen molar-refractivity contribution in [2.75, 3.05) is 0 Å². The molecule has 7 heteroatoms. The van der Waals surface area contributed by atoms with E-state index in [0.29, 0.717) is 18.1 Å². The predicted octanol–water partition coefficient (Wildman–Crippen LogP) is 0.435. The third kappa shape index (κ3) is 2.09. The van der Waals surface area contributed by atoms with Gasteiger partial charge in [-0.2, -0.15) is 4.98 Å². The Bertz CT molecular complexity index is 535. The Hall–Kier alpha value is -1.92. The number of cyclic esters (lactones) is 1. The normalized spacial score (nSPS) is 28.0. The predicted molar refractivity (Wildman–Crippen MR) is 61.8 cm³/mol. The maximum atomic E-state index is 12.1. The summed E-state index contributed by atoms with van der Waals surface area (Å²) in [5.74, 6) is -0.552. The molecule has 1 aromatic heterocycles. The summed E-state index contributed by atoms with van der Waals surface area (Å²) in [7, 11) is 0. The summed E-state index contributed by atoms with van der Waals surface area (Å²) >= 11 is 0. The zero-order valence-corrected chi connectivity index (χ0v) is 10.8. The van der Waals surface area contributed by atoms with Crippen molar-refractivity contribution in [1.29, 1.82) is 0 Å². The second kappa shape index (κ2) is 4.04. The Morgan fingerprint density at radius 2 is 2.21 bits per heavy atom. The van der Waals surface area contributed by atoms with E-state index in [0.717, 1.165) is 12.8 Å². The Labute approximate surface area is 109 Å². The minimum absolute atomic E-state index is 0.205. The van der Waals surface area contributed by atoms with Crippen molar-refractivity contribution in [3.8, 4) is 0 Å². The highest BCUT2D eigenvalue weighted by atomic mass is 16.6. The van der Waals surface area contributed by atoms with E-state index in [1.54, 1.807) is 13.8 Å². The lowest BCUT2D eigenvalue weighted by Gasteiger charge is -2.14. The fraction of sp³-hybridized carbons (Fsp3) is 0.667. The molecule has 19 heavy (non-hydrogen) atoms. The Balaban J connectivity index is 1.72. The van der Waals surface area contributed by atoms with E-state index in [2.05, 4.69) is 15.5 Å². The van der Waals surface area contributed by atoms with Gasteiger partial charge in [0, 0.05) is 6.42 Å². The number of esters is 1. The summed E-state index contributed by atoms with van der Waals surface area (Å²) < 4.78 is 10.1. The highest BCUT2D eigenvalue weighted by molar-refractivity contribution is 5.99. The van der Waals surface area contributed by atoms with Gasteiger partial charge in [-0.3, -0.25) is 9.59 Å². The molecule has 0 radical (unpaired) electrons. The summed E-state index contributed by atoms with van der Waals surface area (Å²) in [6, 6.07) is 0. The van der Waals surface area contributed by atoms with Crippen LogP contribution in [0.3, 0.4) is 0 Å². The van der Waals surface area contributed by atoms with Gasteiger partial charge >= 0.3 is 5.97 Å². The average Bonchev–Trinajstić information content (AvgIpc) is 2.84. The van der Waals surface area contributed by atoms with Crippen LogP contribution in [0.5, 0.6) is 0 Å². The van der Waals surface area contributed by atoms with Gasteiger partial charge in [-0.1, -0.05) is 5.16 Å². The molecule has 0 aromatic carbocycles. The van der Waals surface area contributed by atoms with E-state index >= 15 is 0 Å².